The van der Waals surface area contributed by atoms with Crippen LogP contribution >= 0.6 is 23.2 Å². The van der Waals surface area contributed by atoms with Crippen LogP contribution < -0.4 is 5.73 Å². The first-order valence-corrected chi connectivity index (χ1v) is 6.12. The first-order chi connectivity index (χ1) is 8.13. The third-order valence-electron chi connectivity index (χ3n) is 2.66. The fraction of sp³-hybridized carbons (Fsp3) is 0.250. The topological polar surface area (TPSA) is 43.8 Å². The zero-order chi connectivity index (χ0) is 12.4. The monoisotopic (exact) mass is 269 g/mol. The van der Waals surface area contributed by atoms with E-state index in [2.05, 4.69) is 4.98 Å². The molecule has 1 atom stereocenters. The summed E-state index contributed by atoms with van der Waals surface area (Å²) in [6.07, 6.45) is 4.32. The lowest BCUT2D eigenvalue weighted by atomic mass is 10.2. The smallest absolute Gasteiger partial charge is 0.0995 e. The molecule has 0 unspecified atom stereocenters. The maximum atomic E-state index is 6.17. The zero-order valence-corrected chi connectivity index (χ0v) is 10.9. The van der Waals surface area contributed by atoms with Crippen LogP contribution in [0.3, 0.4) is 0 Å². The Labute approximate surface area is 110 Å². The van der Waals surface area contributed by atoms with Gasteiger partial charge < -0.3 is 10.3 Å². The molecule has 90 valence electrons. The van der Waals surface area contributed by atoms with E-state index in [1.54, 1.807) is 24.7 Å². The number of nitrogens with two attached hydrogens (primary N) is 1. The highest BCUT2D eigenvalue weighted by Gasteiger charge is 2.12. The Hall–Kier alpha value is -1.03. The summed E-state index contributed by atoms with van der Waals surface area (Å²) < 4.78 is 1.90. The van der Waals surface area contributed by atoms with Crippen molar-refractivity contribution >= 4 is 23.2 Å². The summed E-state index contributed by atoms with van der Waals surface area (Å²) in [5.41, 5.74) is 7.81. The van der Waals surface area contributed by atoms with Gasteiger partial charge in [-0.2, -0.15) is 0 Å². The van der Waals surface area contributed by atoms with Gasteiger partial charge in [0.15, 0.2) is 0 Å². The van der Waals surface area contributed by atoms with Gasteiger partial charge in [-0.1, -0.05) is 30.1 Å². The van der Waals surface area contributed by atoms with Gasteiger partial charge in [0.25, 0.3) is 0 Å². The lowest BCUT2D eigenvalue weighted by Crippen LogP contribution is -2.13. The minimum absolute atomic E-state index is 0.0516. The average molecular weight is 270 g/mol. The van der Waals surface area contributed by atoms with E-state index < -0.39 is 0 Å². The fourth-order valence-corrected chi connectivity index (χ4v) is 2.17. The number of rotatable bonds is 3. The number of hydrogen-bond acceptors (Lipinski definition) is 2. The summed E-state index contributed by atoms with van der Waals surface area (Å²) in [5.74, 6) is 0. The molecule has 5 heteroatoms. The minimum atomic E-state index is -0.0516. The molecule has 0 bridgehead atoms. The van der Waals surface area contributed by atoms with Crippen molar-refractivity contribution in [3.63, 3.8) is 0 Å². The van der Waals surface area contributed by atoms with Crippen molar-refractivity contribution in [1.29, 1.82) is 0 Å². The van der Waals surface area contributed by atoms with Crippen molar-refractivity contribution in [3.05, 3.63) is 46.5 Å². The van der Waals surface area contributed by atoms with Crippen LogP contribution in [0.5, 0.6) is 0 Å². The lowest BCUT2D eigenvalue weighted by Gasteiger charge is -2.14. The standard InChI is InChI=1S/C12H13Cl2N3/c1-2-10(15)12-6-16-7-17(12)11-4-3-8(13)5-9(11)14/h3-7,10H,2,15H2,1H3/t10-/m1/s1. The number of benzene rings is 1. The van der Waals surface area contributed by atoms with E-state index in [4.69, 9.17) is 28.9 Å². The second-order valence-electron chi connectivity index (χ2n) is 3.80. The highest BCUT2D eigenvalue weighted by Crippen LogP contribution is 2.27. The molecule has 0 spiro atoms. The maximum Gasteiger partial charge on any atom is 0.0995 e. The summed E-state index contributed by atoms with van der Waals surface area (Å²) in [6, 6.07) is 5.31. The molecule has 0 aliphatic heterocycles. The molecule has 0 radical (unpaired) electrons. The van der Waals surface area contributed by atoms with Crippen LogP contribution in [-0.4, -0.2) is 9.55 Å². The van der Waals surface area contributed by atoms with Gasteiger partial charge in [0.05, 0.1) is 28.9 Å². The number of nitrogens with zero attached hydrogens (tertiary/aromatic N) is 2. The van der Waals surface area contributed by atoms with Crippen molar-refractivity contribution in [2.24, 2.45) is 5.73 Å². The molecular weight excluding hydrogens is 257 g/mol. The van der Waals surface area contributed by atoms with Crippen molar-refractivity contribution in [1.82, 2.24) is 9.55 Å². The number of imidazole rings is 1. The van der Waals surface area contributed by atoms with Gasteiger partial charge in [-0.25, -0.2) is 4.98 Å². The molecule has 0 aliphatic rings. The average Bonchev–Trinajstić information content (AvgIpc) is 2.77. The summed E-state index contributed by atoms with van der Waals surface area (Å²) in [7, 11) is 0. The predicted octanol–water partition coefficient (Wildman–Crippen LogP) is 3.59. The Bertz CT molecular complexity index is 522. The van der Waals surface area contributed by atoms with Gasteiger partial charge in [0.2, 0.25) is 0 Å². The summed E-state index contributed by atoms with van der Waals surface area (Å²) in [4.78, 5) is 4.12. The second kappa shape index (κ2) is 5.08. The Morgan fingerprint density at radius 1 is 1.41 bits per heavy atom. The molecule has 3 nitrogen and oxygen atoms in total. The van der Waals surface area contributed by atoms with E-state index in [1.807, 2.05) is 17.6 Å². The predicted molar refractivity (Wildman–Crippen MR) is 70.8 cm³/mol. The Kier molecular flexibility index (Phi) is 3.72. The van der Waals surface area contributed by atoms with Crippen molar-refractivity contribution in [2.45, 2.75) is 19.4 Å². The second-order valence-corrected chi connectivity index (χ2v) is 4.64. The summed E-state index contributed by atoms with van der Waals surface area (Å²) in [6.45, 7) is 2.03. The SMILES string of the molecule is CC[C@@H](N)c1cncn1-c1ccc(Cl)cc1Cl. The number of halogens is 2. The molecule has 2 N–H and O–H groups in total. The molecular formula is C12H13Cl2N3. The fourth-order valence-electron chi connectivity index (χ4n) is 1.67. The summed E-state index contributed by atoms with van der Waals surface area (Å²) >= 11 is 12.0. The number of aromatic nitrogens is 2. The van der Waals surface area contributed by atoms with Crippen LogP contribution in [0, 0.1) is 0 Å². The normalized spacial score (nSPS) is 12.7. The van der Waals surface area contributed by atoms with E-state index in [0.717, 1.165) is 17.8 Å². The van der Waals surface area contributed by atoms with Gasteiger partial charge in [0, 0.05) is 11.1 Å². The highest BCUT2D eigenvalue weighted by atomic mass is 35.5. The first kappa shape index (κ1) is 12.4. The minimum Gasteiger partial charge on any atom is -0.323 e. The van der Waals surface area contributed by atoms with Gasteiger partial charge >= 0.3 is 0 Å². The third-order valence-corrected chi connectivity index (χ3v) is 3.19. The molecule has 2 aromatic rings. The molecule has 0 aliphatic carbocycles. The molecule has 0 saturated heterocycles. The summed E-state index contributed by atoms with van der Waals surface area (Å²) in [5, 5.41) is 1.19. The van der Waals surface area contributed by atoms with E-state index in [0.29, 0.717) is 10.0 Å². The Balaban J connectivity index is 2.50. The van der Waals surface area contributed by atoms with E-state index >= 15 is 0 Å². The van der Waals surface area contributed by atoms with Gasteiger partial charge in [-0.3, -0.25) is 0 Å². The van der Waals surface area contributed by atoms with Gasteiger partial charge in [0.1, 0.15) is 0 Å². The van der Waals surface area contributed by atoms with E-state index in [1.165, 1.54) is 0 Å². The largest absolute Gasteiger partial charge is 0.323 e. The van der Waals surface area contributed by atoms with Crippen LogP contribution in [0.4, 0.5) is 0 Å². The lowest BCUT2D eigenvalue weighted by molar-refractivity contribution is 0.660. The molecule has 1 aromatic heterocycles. The molecule has 0 saturated carbocycles. The van der Waals surface area contributed by atoms with E-state index in [-0.39, 0.29) is 6.04 Å². The van der Waals surface area contributed by atoms with E-state index in [9.17, 15) is 0 Å². The number of hydrogen-bond donors (Lipinski definition) is 1. The zero-order valence-electron chi connectivity index (χ0n) is 9.40. The van der Waals surface area contributed by atoms with Crippen LogP contribution in [0.1, 0.15) is 25.1 Å². The van der Waals surface area contributed by atoms with Crippen LogP contribution in [-0.2, 0) is 0 Å². The van der Waals surface area contributed by atoms with Crippen LogP contribution in [0.15, 0.2) is 30.7 Å². The van der Waals surface area contributed by atoms with Crippen LogP contribution in [0.2, 0.25) is 10.0 Å². The van der Waals surface area contributed by atoms with Crippen LogP contribution in [0.25, 0.3) is 5.69 Å². The Morgan fingerprint density at radius 3 is 2.82 bits per heavy atom. The molecule has 1 aromatic carbocycles. The van der Waals surface area contributed by atoms with Gasteiger partial charge in [-0.15, -0.1) is 0 Å². The molecule has 17 heavy (non-hydrogen) atoms. The molecule has 1 heterocycles. The highest BCUT2D eigenvalue weighted by molar-refractivity contribution is 6.35. The molecule has 0 amide bonds. The molecule has 2 rings (SSSR count). The first-order valence-electron chi connectivity index (χ1n) is 5.36. The molecule has 0 fully saturated rings. The Morgan fingerprint density at radius 2 is 2.18 bits per heavy atom. The van der Waals surface area contributed by atoms with Crippen molar-refractivity contribution < 1.29 is 0 Å². The quantitative estimate of drug-likeness (QED) is 0.926. The van der Waals surface area contributed by atoms with Gasteiger partial charge in [-0.05, 0) is 24.6 Å². The third kappa shape index (κ3) is 2.46. The van der Waals surface area contributed by atoms with Crippen molar-refractivity contribution in [2.75, 3.05) is 0 Å². The maximum absolute atomic E-state index is 6.17. The van der Waals surface area contributed by atoms with Crippen molar-refractivity contribution in [3.8, 4) is 5.69 Å².